The molecular weight excluding hydrogens is 228 g/mol. The average Bonchev–Trinajstić information content (AvgIpc) is 2.67. The summed E-state index contributed by atoms with van der Waals surface area (Å²) in [6.07, 6.45) is 0. The number of rotatable bonds is 3. The van der Waals surface area contributed by atoms with Gasteiger partial charge in [-0.3, -0.25) is 4.79 Å². The van der Waals surface area contributed by atoms with Crippen molar-refractivity contribution in [3.63, 3.8) is 0 Å². The first kappa shape index (κ1) is 11.0. The second-order valence-electron chi connectivity index (χ2n) is 3.23. The fourth-order valence-corrected chi connectivity index (χ4v) is 1.21. The standard InChI is InChI=1S/C9H8N4O4/c1-5-10-11-7(17-5)4-13-8(14)3-2-6(12-13)9(15)16/h2-3H,4H2,1H3,(H,15,16). The summed E-state index contributed by atoms with van der Waals surface area (Å²) in [6, 6.07) is 2.26. The number of nitrogens with zero attached hydrogens (tertiary/aromatic N) is 4. The van der Waals surface area contributed by atoms with E-state index in [4.69, 9.17) is 9.52 Å². The largest absolute Gasteiger partial charge is 0.476 e. The van der Waals surface area contributed by atoms with Gasteiger partial charge in [-0.2, -0.15) is 5.10 Å². The average molecular weight is 236 g/mol. The van der Waals surface area contributed by atoms with Gasteiger partial charge in [0.2, 0.25) is 11.8 Å². The number of carboxylic acid groups (broad SMARTS) is 1. The van der Waals surface area contributed by atoms with Crippen molar-refractivity contribution in [2.45, 2.75) is 13.5 Å². The van der Waals surface area contributed by atoms with Crippen LogP contribution in [0.25, 0.3) is 0 Å². The summed E-state index contributed by atoms with van der Waals surface area (Å²) in [4.78, 5) is 22.1. The third-order valence-corrected chi connectivity index (χ3v) is 1.94. The Hall–Kier alpha value is -2.51. The fourth-order valence-electron chi connectivity index (χ4n) is 1.21. The predicted octanol–water partition coefficient (Wildman–Crippen LogP) is -0.319. The zero-order chi connectivity index (χ0) is 12.4. The van der Waals surface area contributed by atoms with E-state index in [9.17, 15) is 9.59 Å². The predicted molar refractivity (Wildman–Crippen MR) is 53.6 cm³/mol. The first-order chi connectivity index (χ1) is 8.06. The van der Waals surface area contributed by atoms with Gasteiger partial charge in [0.25, 0.3) is 5.56 Å². The molecule has 0 fully saturated rings. The van der Waals surface area contributed by atoms with Gasteiger partial charge in [-0.25, -0.2) is 9.48 Å². The lowest BCUT2D eigenvalue weighted by Crippen LogP contribution is -2.25. The normalized spacial score (nSPS) is 10.4. The minimum atomic E-state index is -1.21. The van der Waals surface area contributed by atoms with Gasteiger partial charge < -0.3 is 9.52 Å². The maximum atomic E-state index is 11.4. The summed E-state index contributed by atoms with van der Waals surface area (Å²) in [6.45, 7) is 1.56. The van der Waals surface area contributed by atoms with Crippen LogP contribution in [-0.4, -0.2) is 31.1 Å². The van der Waals surface area contributed by atoms with Gasteiger partial charge in [-0.1, -0.05) is 0 Å². The van der Waals surface area contributed by atoms with Gasteiger partial charge in [0.1, 0.15) is 6.54 Å². The van der Waals surface area contributed by atoms with E-state index in [1.54, 1.807) is 6.92 Å². The molecule has 2 aromatic rings. The maximum absolute atomic E-state index is 11.4. The summed E-state index contributed by atoms with van der Waals surface area (Å²) in [5.41, 5.74) is -0.660. The number of hydrogen-bond acceptors (Lipinski definition) is 6. The molecule has 8 nitrogen and oxygen atoms in total. The molecule has 0 aliphatic heterocycles. The molecule has 0 aliphatic rings. The zero-order valence-corrected chi connectivity index (χ0v) is 8.82. The SMILES string of the molecule is Cc1nnc(Cn2nc(C(=O)O)ccc2=O)o1. The fraction of sp³-hybridized carbons (Fsp3) is 0.222. The van der Waals surface area contributed by atoms with Crippen LogP contribution in [-0.2, 0) is 6.54 Å². The Balaban J connectivity index is 2.35. The highest BCUT2D eigenvalue weighted by Gasteiger charge is 2.10. The van der Waals surface area contributed by atoms with Crippen molar-refractivity contribution in [2.75, 3.05) is 0 Å². The first-order valence-corrected chi connectivity index (χ1v) is 4.66. The van der Waals surface area contributed by atoms with E-state index < -0.39 is 11.5 Å². The molecule has 1 N–H and O–H groups in total. The molecule has 0 saturated heterocycles. The van der Waals surface area contributed by atoms with Crippen molar-refractivity contribution < 1.29 is 14.3 Å². The second-order valence-corrected chi connectivity index (χ2v) is 3.23. The number of aromatic nitrogens is 4. The van der Waals surface area contributed by atoms with Crippen molar-refractivity contribution >= 4 is 5.97 Å². The molecule has 0 spiro atoms. The molecule has 0 atom stereocenters. The van der Waals surface area contributed by atoms with E-state index >= 15 is 0 Å². The number of carboxylic acids is 1. The minimum Gasteiger partial charge on any atom is -0.476 e. The summed E-state index contributed by atoms with van der Waals surface area (Å²) in [7, 11) is 0. The van der Waals surface area contributed by atoms with Gasteiger partial charge in [-0.05, 0) is 6.07 Å². The molecule has 88 valence electrons. The van der Waals surface area contributed by atoms with E-state index in [-0.39, 0.29) is 18.1 Å². The Bertz CT molecular complexity index is 615. The quantitative estimate of drug-likeness (QED) is 0.777. The highest BCUT2D eigenvalue weighted by Crippen LogP contribution is 1.99. The lowest BCUT2D eigenvalue weighted by Gasteiger charge is -2.01. The lowest BCUT2D eigenvalue weighted by molar-refractivity contribution is 0.0687. The molecule has 0 bridgehead atoms. The molecule has 2 rings (SSSR count). The Kier molecular flexibility index (Phi) is 2.69. The van der Waals surface area contributed by atoms with Crippen molar-refractivity contribution in [3.05, 3.63) is 40.0 Å². The third kappa shape index (κ3) is 2.36. The van der Waals surface area contributed by atoms with Gasteiger partial charge >= 0.3 is 5.97 Å². The zero-order valence-electron chi connectivity index (χ0n) is 8.82. The number of aryl methyl sites for hydroxylation is 1. The van der Waals surface area contributed by atoms with E-state index in [0.717, 1.165) is 16.8 Å². The Morgan fingerprint density at radius 2 is 2.24 bits per heavy atom. The van der Waals surface area contributed by atoms with Crippen LogP contribution in [0.4, 0.5) is 0 Å². The van der Waals surface area contributed by atoms with Gasteiger partial charge in [0, 0.05) is 13.0 Å². The molecule has 0 unspecified atom stereocenters. The highest BCUT2D eigenvalue weighted by molar-refractivity contribution is 5.84. The third-order valence-electron chi connectivity index (χ3n) is 1.94. The number of hydrogen-bond donors (Lipinski definition) is 1. The van der Waals surface area contributed by atoms with E-state index in [1.165, 1.54) is 0 Å². The van der Waals surface area contributed by atoms with Crippen LogP contribution in [0.2, 0.25) is 0 Å². The molecule has 8 heteroatoms. The van der Waals surface area contributed by atoms with Crippen LogP contribution >= 0.6 is 0 Å². The molecule has 0 saturated carbocycles. The minimum absolute atomic E-state index is 0.0548. The molecule has 0 aromatic carbocycles. The molecule has 2 heterocycles. The van der Waals surface area contributed by atoms with E-state index in [0.29, 0.717) is 5.89 Å². The smallest absolute Gasteiger partial charge is 0.356 e. The Morgan fingerprint density at radius 1 is 1.47 bits per heavy atom. The highest BCUT2D eigenvalue weighted by atomic mass is 16.4. The van der Waals surface area contributed by atoms with Crippen molar-refractivity contribution in [1.82, 2.24) is 20.0 Å². The number of carbonyl (C=O) groups is 1. The second kappa shape index (κ2) is 4.16. The van der Waals surface area contributed by atoms with Gasteiger partial charge in [-0.15, -0.1) is 10.2 Å². The van der Waals surface area contributed by atoms with Gasteiger partial charge in [0.05, 0.1) is 0 Å². The first-order valence-electron chi connectivity index (χ1n) is 4.66. The Morgan fingerprint density at radius 3 is 2.82 bits per heavy atom. The van der Waals surface area contributed by atoms with Crippen LogP contribution in [0.1, 0.15) is 22.3 Å². The maximum Gasteiger partial charge on any atom is 0.356 e. The van der Waals surface area contributed by atoms with Crippen molar-refractivity contribution in [3.8, 4) is 0 Å². The van der Waals surface area contributed by atoms with Crippen LogP contribution in [0, 0.1) is 6.92 Å². The molecule has 17 heavy (non-hydrogen) atoms. The molecule has 0 aliphatic carbocycles. The van der Waals surface area contributed by atoms with Crippen LogP contribution in [0.15, 0.2) is 21.3 Å². The monoisotopic (exact) mass is 236 g/mol. The van der Waals surface area contributed by atoms with Gasteiger partial charge in [0.15, 0.2) is 5.69 Å². The summed E-state index contributed by atoms with van der Waals surface area (Å²) >= 11 is 0. The summed E-state index contributed by atoms with van der Waals surface area (Å²) < 4.78 is 6.03. The number of aromatic carboxylic acids is 1. The van der Waals surface area contributed by atoms with Crippen molar-refractivity contribution in [2.24, 2.45) is 0 Å². The Labute approximate surface area is 94.5 Å². The van der Waals surface area contributed by atoms with Crippen LogP contribution in [0.3, 0.4) is 0 Å². The van der Waals surface area contributed by atoms with E-state index in [1.807, 2.05) is 0 Å². The molecule has 0 amide bonds. The summed E-state index contributed by atoms with van der Waals surface area (Å²) in [5.74, 6) is -0.650. The molecular formula is C9H8N4O4. The summed E-state index contributed by atoms with van der Waals surface area (Å²) in [5, 5.41) is 19.7. The molecule has 0 radical (unpaired) electrons. The van der Waals surface area contributed by atoms with Crippen molar-refractivity contribution in [1.29, 1.82) is 0 Å². The van der Waals surface area contributed by atoms with Crippen LogP contribution < -0.4 is 5.56 Å². The topological polar surface area (TPSA) is 111 Å². The lowest BCUT2D eigenvalue weighted by atomic mass is 10.4. The van der Waals surface area contributed by atoms with E-state index in [2.05, 4.69) is 15.3 Å². The molecule has 2 aromatic heterocycles. The van der Waals surface area contributed by atoms with Crippen LogP contribution in [0.5, 0.6) is 0 Å².